The average molecular weight is 331 g/mol. The second kappa shape index (κ2) is 6.63. The first-order valence-corrected chi connectivity index (χ1v) is 8.17. The van der Waals surface area contributed by atoms with Crippen molar-refractivity contribution in [2.75, 3.05) is 6.54 Å². The molecule has 3 rings (SSSR count). The van der Waals surface area contributed by atoms with Gasteiger partial charge in [0.2, 0.25) is 0 Å². The molecule has 128 valence electrons. The van der Waals surface area contributed by atoms with Crippen LogP contribution in [0.2, 0.25) is 0 Å². The average Bonchev–Trinajstić information content (AvgIpc) is 3.13. The number of benzene rings is 1. The molecule has 1 aliphatic rings. The zero-order chi connectivity index (χ0) is 17.2. The molecule has 2 aromatic rings. The maximum Gasteiger partial charge on any atom is 0.318 e. The molecular formula is C18H22FN3O2. The third kappa shape index (κ3) is 3.58. The number of amides is 2. The van der Waals surface area contributed by atoms with Crippen LogP contribution in [-0.4, -0.2) is 28.0 Å². The summed E-state index contributed by atoms with van der Waals surface area (Å²) in [5, 5.41) is 2.90. The molecule has 0 unspecified atom stereocenters. The fraction of sp³-hybridized carbons (Fsp3) is 0.444. The van der Waals surface area contributed by atoms with E-state index in [9.17, 15) is 9.18 Å². The zero-order valence-corrected chi connectivity index (χ0v) is 14.0. The topological polar surface area (TPSA) is 58.4 Å². The highest BCUT2D eigenvalue weighted by molar-refractivity contribution is 5.75. The van der Waals surface area contributed by atoms with Crippen LogP contribution in [0.25, 0.3) is 0 Å². The molecule has 24 heavy (non-hydrogen) atoms. The molecule has 0 bridgehead atoms. The van der Waals surface area contributed by atoms with Crippen molar-refractivity contribution in [1.82, 2.24) is 15.2 Å². The van der Waals surface area contributed by atoms with Crippen molar-refractivity contribution >= 4 is 6.03 Å². The summed E-state index contributed by atoms with van der Waals surface area (Å²) in [5.74, 6) is 0.981. The number of carbonyl (C=O) groups excluding carboxylic acids is 1. The van der Waals surface area contributed by atoms with E-state index in [1.807, 2.05) is 4.90 Å². The van der Waals surface area contributed by atoms with E-state index in [2.05, 4.69) is 17.2 Å². The van der Waals surface area contributed by atoms with Gasteiger partial charge in [-0.3, -0.25) is 0 Å². The summed E-state index contributed by atoms with van der Waals surface area (Å²) in [6.45, 7) is 4.90. The Kier molecular flexibility index (Phi) is 4.55. The van der Waals surface area contributed by atoms with Gasteiger partial charge >= 0.3 is 6.03 Å². The van der Waals surface area contributed by atoms with Gasteiger partial charge in [0.05, 0.1) is 12.7 Å². The lowest BCUT2D eigenvalue weighted by atomic mass is 9.90. The highest BCUT2D eigenvalue weighted by Gasteiger charge is 2.39. The molecule has 0 spiro atoms. The monoisotopic (exact) mass is 331 g/mol. The lowest BCUT2D eigenvalue weighted by Crippen LogP contribution is -2.50. The number of aromatic nitrogens is 1. The highest BCUT2D eigenvalue weighted by atomic mass is 19.1. The van der Waals surface area contributed by atoms with Gasteiger partial charge in [-0.1, -0.05) is 12.1 Å². The van der Waals surface area contributed by atoms with Crippen LogP contribution in [0, 0.1) is 12.7 Å². The van der Waals surface area contributed by atoms with Crippen molar-refractivity contribution in [1.29, 1.82) is 0 Å². The van der Waals surface area contributed by atoms with Crippen LogP contribution in [0.15, 0.2) is 34.9 Å². The van der Waals surface area contributed by atoms with Crippen molar-refractivity contribution < 1.29 is 13.6 Å². The Hall–Kier alpha value is -2.37. The number of hydrogen-bond acceptors (Lipinski definition) is 3. The maximum absolute atomic E-state index is 13.1. The van der Waals surface area contributed by atoms with Crippen LogP contribution in [-0.2, 0) is 13.0 Å². The number of nitrogens with zero attached hydrogens (tertiary/aromatic N) is 2. The summed E-state index contributed by atoms with van der Waals surface area (Å²) in [7, 11) is 0. The number of likely N-dealkylation sites (tertiary alicyclic amines) is 1. The fourth-order valence-corrected chi connectivity index (χ4v) is 3.34. The molecule has 2 amide bonds. The number of rotatable bonds is 4. The SMILES string of the molecule is Cc1ncc(CNC(=O)N2CCC[C@]2(C)Cc2ccc(F)cc2)o1. The largest absolute Gasteiger partial charge is 0.444 e. The molecule has 6 heteroatoms. The quantitative estimate of drug-likeness (QED) is 0.934. The number of aryl methyl sites for hydroxylation is 1. The molecule has 1 fully saturated rings. The van der Waals surface area contributed by atoms with Crippen molar-refractivity contribution in [3.63, 3.8) is 0 Å². The van der Waals surface area contributed by atoms with E-state index in [-0.39, 0.29) is 17.4 Å². The summed E-state index contributed by atoms with van der Waals surface area (Å²) in [4.78, 5) is 18.5. The van der Waals surface area contributed by atoms with E-state index in [1.54, 1.807) is 25.3 Å². The minimum Gasteiger partial charge on any atom is -0.444 e. The number of nitrogens with one attached hydrogen (secondary N) is 1. The first kappa shape index (κ1) is 16.5. The summed E-state index contributed by atoms with van der Waals surface area (Å²) in [5.41, 5.74) is 0.767. The Morgan fingerprint density at radius 3 is 2.83 bits per heavy atom. The number of urea groups is 1. The molecular weight excluding hydrogens is 309 g/mol. The normalized spacial score (nSPS) is 20.4. The van der Waals surface area contributed by atoms with Gasteiger partial charge in [0, 0.05) is 19.0 Å². The smallest absolute Gasteiger partial charge is 0.318 e. The number of carbonyl (C=O) groups is 1. The predicted molar refractivity (Wildman–Crippen MR) is 87.9 cm³/mol. The first-order valence-electron chi connectivity index (χ1n) is 8.17. The summed E-state index contributed by atoms with van der Waals surface area (Å²) >= 11 is 0. The van der Waals surface area contributed by atoms with E-state index >= 15 is 0 Å². The van der Waals surface area contributed by atoms with Crippen molar-refractivity contribution in [2.45, 2.75) is 45.2 Å². The molecule has 5 nitrogen and oxygen atoms in total. The lowest BCUT2D eigenvalue weighted by Gasteiger charge is -2.35. The summed E-state index contributed by atoms with van der Waals surface area (Å²) in [6.07, 6.45) is 4.23. The number of oxazole rings is 1. The van der Waals surface area contributed by atoms with Gasteiger partial charge in [0.1, 0.15) is 11.6 Å². The predicted octanol–water partition coefficient (Wildman–Crippen LogP) is 3.43. The number of hydrogen-bond donors (Lipinski definition) is 1. The van der Waals surface area contributed by atoms with Crippen LogP contribution < -0.4 is 5.32 Å². The molecule has 0 aliphatic carbocycles. The molecule has 1 aromatic carbocycles. The second-order valence-corrected chi connectivity index (χ2v) is 6.56. The fourth-order valence-electron chi connectivity index (χ4n) is 3.34. The molecule has 1 N–H and O–H groups in total. The molecule has 2 heterocycles. The van der Waals surface area contributed by atoms with Crippen molar-refractivity contribution in [3.05, 3.63) is 53.5 Å². The van der Waals surface area contributed by atoms with Gasteiger partial charge in [0.15, 0.2) is 5.89 Å². The van der Waals surface area contributed by atoms with Crippen LogP contribution in [0.3, 0.4) is 0 Å². The number of halogens is 1. The maximum atomic E-state index is 13.1. The Morgan fingerprint density at radius 2 is 2.17 bits per heavy atom. The molecule has 1 atom stereocenters. The minimum absolute atomic E-state index is 0.105. The standard InChI is InChI=1S/C18H22FN3O2/c1-13-20-11-16(24-13)12-21-17(23)22-9-3-8-18(22,2)10-14-4-6-15(19)7-5-14/h4-7,11H,3,8-10,12H2,1-2H3,(H,21,23)/t18-/m1/s1. The first-order chi connectivity index (χ1) is 11.5. The molecule has 1 aliphatic heterocycles. The second-order valence-electron chi connectivity index (χ2n) is 6.56. The summed E-state index contributed by atoms with van der Waals surface area (Å²) < 4.78 is 18.5. The Labute approximate surface area is 140 Å². The van der Waals surface area contributed by atoms with Crippen molar-refractivity contribution in [3.8, 4) is 0 Å². The van der Waals surface area contributed by atoms with Gasteiger partial charge in [-0.15, -0.1) is 0 Å². The van der Waals surface area contributed by atoms with Gasteiger partial charge in [0.25, 0.3) is 0 Å². The Balaban J connectivity index is 1.64. The van der Waals surface area contributed by atoms with E-state index in [0.717, 1.165) is 24.9 Å². The highest BCUT2D eigenvalue weighted by Crippen LogP contribution is 2.32. The molecule has 1 saturated heterocycles. The van der Waals surface area contributed by atoms with Gasteiger partial charge in [-0.2, -0.15) is 0 Å². The van der Waals surface area contributed by atoms with E-state index in [0.29, 0.717) is 24.6 Å². The van der Waals surface area contributed by atoms with Crippen LogP contribution in [0.1, 0.15) is 37.0 Å². The molecule has 0 radical (unpaired) electrons. The third-order valence-corrected chi connectivity index (χ3v) is 4.58. The van der Waals surface area contributed by atoms with Gasteiger partial charge in [-0.05, 0) is 43.9 Å². The van der Waals surface area contributed by atoms with Crippen LogP contribution in [0.5, 0.6) is 0 Å². The molecule has 0 saturated carbocycles. The third-order valence-electron chi connectivity index (χ3n) is 4.58. The Bertz CT molecular complexity index is 713. The van der Waals surface area contributed by atoms with E-state index in [4.69, 9.17) is 4.42 Å². The zero-order valence-electron chi connectivity index (χ0n) is 14.0. The van der Waals surface area contributed by atoms with Crippen LogP contribution >= 0.6 is 0 Å². The summed E-state index contributed by atoms with van der Waals surface area (Å²) in [6, 6.07) is 6.39. The Morgan fingerprint density at radius 1 is 1.42 bits per heavy atom. The van der Waals surface area contributed by atoms with E-state index < -0.39 is 0 Å². The van der Waals surface area contributed by atoms with Crippen molar-refractivity contribution in [2.24, 2.45) is 0 Å². The molecule has 1 aromatic heterocycles. The minimum atomic E-state index is -0.265. The van der Waals surface area contributed by atoms with Gasteiger partial charge in [-0.25, -0.2) is 14.2 Å². The van der Waals surface area contributed by atoms with Crippen LogP contribution in [0.4, 0.5) is 9.18 Å². The van der Waals surface area contributed by atoms with E-state index in [1.165, 1.54) is 12.1 Å². The van der Waals surface area contributed by atoms with Gasteiger partial charge < -0.3 is 14.6 Å². The lowest BCUT2D eigenvalue weighted by molar-refractivity contribution is 0.154.